The molecule has 1 atom stereocenters. The predicted octanol–water partition coefficient (Wildman–Crippen LogP) is 4.53. The van der Waals surface area contributed by atoms with Crippen molar-refractivity contribution >= 4 is 39.3 Å². The number of methoxy groups -OCH3 is 1. The highest BCUT2D eigenvalue weighted by atomic mass is 79.9. The molecule has 2 aromatic carbocycles. The van der Waals surface area contributed by atoms with Crippen LogP contribution in [0.3, 0.4) is 0 Å². The van der Waals surface area contributed by atoms with Gasteiger partial charge in [0.15, 0.2) is 16.3 Å². The van der Waals surface area contributed by atoms with Crippen molar-refractivity contribution in [3.63, 3.8) is 0 Å². The largest absolute Gasteiger partial charge is 0.494 e. The maximum absolute atomic E-state index is 14.0. The van der Waals surface area contributed by atoms with Gasteiger partial charge in [0.05, 0.1) is 42.2 Å². The summed E-state index contributed by atoms with van der Waals surface area (Å²) in [5, 5.41) is 0. The Kier molecular flexibility index (Phi) is 9.08. The second-order valence-corrected chi connectivity index (χ2v) is 10.4. The molecule has 0 saturated carbocycles. The smallest absolute Gasteiger partial charge is 0.338 e. The number of benzene rings is 2. The van der Waals surface area contributed by atoms with Crippen LogP contribution in [0.25, 0.3) is 6.08 Å². The van der Waals surface area contributed by atoms with Crippen molar-refractivity contribution < 1.29 is 23.7 Å². The number of halogens is 1. The number of nitrogens with zero attached hydrogens (tertiary/aromatic N) is 2. The minimum Gasteiger partial charge on any atom is -0.494 e. The fourth-order valence-electron chi connectivity index (χ4n) is 4.31. The summed E-state index contributed by atoms with van der Waals surface area (Å²) >= 11 is 4.74. The van der Waals surface area contributed by atoms with E-state index in [1.165, 1.54) is 11.3 Å². The summed E-state index contributed by atoms with van der Waals surface area (Å²) in [5.74, 6) is 1.18. The summed E-state index contributed by atoms with van der Waals surface area (Å²) in [5.41, 5.74) is 1.91. The van der Waals surface area contributed by atoms with Crippen LogP contribution in [-0.2, 0) is 9.53 Å². The van der Waals surface area contributed by atoms with Gasteiger partial charge in [-0.3, -0.25) is 9.36 Å². The first-order chi connectivity index (χ1) is 18.8. The first-order valence-corrected chi connectivity index (χ1v) is 14.0. The number of fused-ring (bicyclic) bond motifs is 1. The Balaban J connectivity index is 1.94. The van der Waals surface area contributed by atoms with E-state index in [0.29, 0.717) is 50.0 Å². The SMILES string of the molecule is C=CCOc1c(/C=c2\sc3n(c2=O)[C@H](c2ccc(OCC)cc2)C(C(=O)OCC)=C(C)N=3)cc(Br)cc1OC. The number of rotatable bonds is 10. The Morgan fingerprint density at radius 3 is 2.56 bits per heavy atom. The molecule has 0 radical (unpaired) electrons. The Labute approximate surface area is 238 Å². The maximum Gasteiger partial charge on any atom is 0.338 e. The van der Waals surface area contributed by atoms with E-state index in [1.54, 1.807) is 43.7 Å². The average molecular weight is 614 g/mol. The Morgan fingerprint density at radius 1 is 1.18 bits per heavy atom. The Bertz CT molecular complexity index is 1600. The topological polar surface area (TPSA) is 88.4 Å². The molecule has 0 bridgehead atoms. The molecule has 0 aliphatic carbocycles. The van der Waals surface area contributed by atoms with Gasteiger partial charge in [0, 0.05) is 10.0 Å². The highest BCUT2D eigenvalue weighted by Gasteiger charge is 2.33. The van der Waals surface area contributed by atoms with E-state index in [1.807, 2.05) is 37.3 Å². The fourth-order valence-corrected chi connectivity index (χ4v) is 5.80. The number of thiazole rings is 1. The zero-order valence-corrected chi connectivity index (χ0v) is 24.6. The van der Waals surface area contributed by atoms with Gasteiger partial charge < -0.3 is 18.9 Å². The molecule has 1 aliphatic rings. The van der Waals surface area contributed by atoms with Crippen LogP contribution in [0.1, 0.15) is 37.9 Å². The lowest BCUT2D eigenvalue weighted by Crippen LogP contribution is -2.39. The van der Waals surface area contributed by atoms with Crippen LogP contribution < -0.4 is 29.1 Å². The normalized spacial score (nSPS) is 14.9. The van der Waals surface area contributed by atoms with E-state index in [-0.39, 0.29) is 18.8 Å². The van der Waals surface area contributed by atoms with E-state index >= 15 is 0 Å². The van der Waals surface area contributed by atoms with Crippen molar-refractivity contribution in [3.8, 4) is 17.2 Å². The number of aromatic nitrogens is 1. The molecule has 0 amide bonds. The lowest BCUT2D eigenvalue weighted by molar-refractivity contribution is -0.139. The highest BCUT2D eigenvalue weighted by molar-refractivity contribution is 9.10. The standard InChI is InChI=1S/C29H29BrN2O6S/c1-6-13-38-26-19(14-20(30)16-22(26)35-5)15-23-27(33)32-25(18-9-11-21(12-10-18)36-7-2)24(28(34)37-8-3)17(4)31-29(32)39-23/h6,9-12,14-16,25H,1,7-8,13H2,2-5H3/b23-15-/t25-/m1/s1. The molecule has 0 N–H and O–H groups in total. The molecular weight excluding hydrogens is 584 g/mol. The van der Waals surface area contributed by atoms with Crippen molar-refractivity contribution in [1.82, 2.24) is 4.57 Å². The number of esters is 1. The van der Waals surface area contributed by atoms with Gasteiger partial charge in [-0.25, -0.2) is 9.79 Å². The van der Waals surface area contributed by atoms with Crippen LogP contribution in [0.5, 0.6) is 17.2 Å². The molecule has 2 heterocycles. The monoisotopic (exact) mass is 612 g/mol. The van der Waals surface area contributed by atoms with Crippen molar-refractivity contribution in [2.24, 2.45) is 4.99 Å². The quantitative estimate of drug-likeness (QED) is 0.247. The predicted molar refractivity (Wildman–Crippen MR) is 154 cm³/mol. The van der Waals surface area contributed by atoms with Gasteiger partial charge in [-0.1, -0.05) is 52.1 Å². The molecule has 10 heteroatoms. The number of allylic oxidation sites excluding steroid dienone is 1. The van der Waals surface area contributed by atoms with Crippen LogP contribution in [0, 0.1) is 0 Å². The number of carbonyl (C=O) groups excluding carboxylic acids is 1. The average Bonchev–Trinajstić information content (AvgIpc) is 3.21. The van der Waals surface area contributed by atoms with Gasteiger partial charge in [0.1, 0.15) is 12.4 Å². The van der Waals surface area contributed by atoms with E-state index in [2.05, 4.69) is 27.5 Å². The minimum atomic E-state index is -0.716. The number of carbonyl (C=O) groups is 1. The van der Waals surface area contributed by atoms with Crippen molar-refractivity contribution in [2.75, 3.05) is 26.9 Å². The van der Waals surface area contributed by atoms with Gasteiger partial charge in [-0.15, -0.1) is 0 Å². The number of hydrogen-bond acceptors (Lipinski definition) is 8. The van der Waals surface area contributed by atoms with Gasteiger partial charge >= 0.3 is 5.97 Å². The van der Waals surface area contributed by atoms with Gasteiger partial charge in [0.25, 0.3) is 5.56 Å². The van der Waals surface area contributed by atoms with Crippen molar-refractivity contribution in [2.45, 2.75) is 26.8 Å². The summed E-state index contributed by atoms with van der Waals surface area (Å²) < 4.78 is 25.1. The zero-order valence-electron chi connectivity index (χ0n) is 22.2. The molecule has 204 valence electrons. The number of hydrogen-bond donors (Lipinski definition) is 0. The lowest BCUT2D eigenvalue weighted by atomic mass is 9.96. The van der Waals surface area contributed by atoms with Crippen molar-refractivity contribution in [3.05, 3.63) is 95.6 Å². The molecule has 0 spiro atoms. The second kappa shape index (κ2) is 12.5. The Hall–Kier alpha value is -3.63. The van der Waals surface area contributed by atoms with E-state index in [4.69, 9.17) is 18.9 Å². The molecule has 1 aliphatic heterocycles. The molecule has 8 nitrogen and oxygen atoms in total. The maximum atomic E-state index is 14.0. The van der Waals surface area contributed by atoms with Gasteiger partial charge in [-0.05, 0) is 56.7 Å². The second-order valence-electron chi connectivity index (χ2n) is 8.43. The van der Waals surface area contributed by atoms with Crippen LogP contribution in [-0.4, -0.2) is 37.5 Å². The lowest BCUT2D eigenvalue weighted by Gasteiger charge is -2.24. The van der Waals surface area contributed by atoms with E-state index in [9.17, 15) is 9.59 Å². The Morgan fingerprint density at radius 2 is 1.92 bits per heavy atom. The van der Waals surface area contributed by atoms with Crippen LogP contribution in [0.2, 0.25) is 0 Å². The molecule has 0 unspecified atom stereocenters. The third-order valence-corrected chi connectivity index (χ3v) is 7.37. The van der Waals surface area contributed by atoms with Crippen LogP contribution >= 0.6 is 27.3 Å². The fraction of sp³-hybridized carbons (Fsp3) is 0.276. The summed E-state index contributed by atoms with van der Waals surface area (Å²) in [6.45, 7) is 10.1. The summed E-state index contributed by atoms with van der Waals surface area (Å²) in [6.07, 6.45) is 3.38. The third kappa shape index (κ3) is 5.86. The van der Waals surface area contributed by atoms with Crippen LogP contribution in [0.4, 0.5) is 0 Å². The first kappa shape index (κ1) is 28.4. The van der Waals surface area contributed by atoms with Gasteiger partial charge in [0.2, 0.25) is 0 Å². The third-order valence-electron chi connectivity index (χ3n) is 5.92. The van der Waals surface area contributed by atoms with Gasteiger partial charge in [-0.2, -0.15) is 0 Å². The molecule has 4 rings (SSSR count). The molecule has 0 saturated heterocycles. The highest BCUT2D eigenvalue weighted by Crippen LogP contribution is 2.36. The minimum absolute atomic E-state index is 0.203. The summed E-state index contributed by atoms with van der Waals surface area (Å²) in [7, 11) is 1.55. The summed E-state index contributed by atoms with van der Waals surface area (Å²) in [6, 6.07) is 10.3. The molecule has 39 heavy (non-hydrogen) atoms. The number of ether oxygens (including phenoxy) is 4. The van der Waals surface area contributed by atoms with E-state index in [0.717, 1.165) is 10.0 Å². The first-order valence-electron chi connectivity index (χ1n) is 12.4. The van der Waals surface area contributed by atoms with Crippen LogP contribution in [0.15, 0.2) is 74.6 Å². The van der Waals surface area contributed by atoms with E-state index < -0.39 is 12.0 Å². The molecule has 1 aromatic heterocycles. The molecule has 0 fully saturated rings. The molecular formula is C29H29BrN2O6S. The summed E-state index contributed by atoms with van der Waals surface area (Å²) in [4.78, 5) is 32.2. The van der Waals surface area contributed by atoms with Crippen molar-refractivity contribution in [1.29, 1.82) is 0 Å². The zero-order chi connectivity index (χ0) is 28.1. The molecule has 3 aromatic rings.